The molecule has 0 aliphatic rings. The van der Waals surface area contributed by atoms with Gasteiger partial charge >= 0.3 is 5.97 Å². The van der Waals surface area contributed by atoms with Crippen LogP contribution in [0.4, 0.5) is 0 Å². The summed E-state index contributed by atoms with van der Waals surface area (Å²) in [6.07, 6.45) is -1.02. The summed E-state index contributed by atoms with van der Waals surface area (Å²) < 4.78 is 5.10. The van der Waals surface area contributed by atoms with Gasteiger partial charge in [-0.05, 0) is 24.3 Å². The fraction of sp³-hybridized carbons (Fsp3) is 0.222. The summed E-state index contributed by atoms with van der Waals surface area (Å²) in [5.74, 6) is -0.644. The lowest BCUT2D eigenvalue weighted by atomic mass is 10.3. The van der Waals surface area contributed by atoms with Crippen molar-refractivity contribution in [2.75, 3.05) is 6.54 Å². The molecule has 1 aromatic carbocycles. The van der Waals surface area contributed by atoms with Crippen LogP contribution in [0.3, 0.4) is 0 Å². The highest BCUT2D eigenvalue weighted by Crippen LogP contribution is 2.16. The maximum absolute atomic E-state index is 10.6. The zero-order chi connectivity index (χ0) is 10.6. The Kier molecular flexibility index (Phi) is 3.73. The first-order valence-electron chi connectivity index (χ1n) is 3.98. The highest BCUT2D eigenvalue weighted by atomic mass is 35.5. The third kappa shape index (κ3) is 2.90. The molecule has 0 radical (unpaired) electrons. The minimum absolute atomic E-state index is 0.0715. The summed E-state index contributed by atoms with van der Waals surface area (Å²) in [5, 5.41) is 9.22. The molecule has 1 unspecified atom stereocenters. The van der Waals surface area contributed by atoms with Crippen LogP contribution in [0.1, 0.15) is 0 Å². The van der Waals surface area contributed by atoms with Crippen LogP contribution in [0.5, 0.6) is 5.75 Å². The zero-order valence-corrected chi connectivity index (χ0v) is 8.07. The lowest BCUT2D eigenvalue weighted by molar-refractivity contribution is -0.144. The number of carboxylic acid groups (broad SMARTS) is 1. The van der Waals surface area contributed by atoms with Gasteiger partial charge in [-0.1, -0.05) is 11.6 Å². The van der Waals surface area contributed by atoms with Gasteiger partial charge in [0, 0.05) is 11.6 Å². The first kappa shape index (κ1) is 10.8. The Morgan fingerprint density at radius 3 is 2.50 bits per heavy atom. The van der Waals surface area contributed by atoms with Crippen molar-refractivity contribution in [3.63, 3.8) is 0 Å². The van der Waals surface area contributed by atoms with Crippen LogP contribution in [0, 0.1) is 0 Å². The second-order valence-electron chi connectivity index (χ2n) is 2.63. The second-order valence-corrected chi connectivity index (χ2v) is 3.07. The van der Waals surface area contributed by atoms with Crippen molar-refractivity contribution < 1.29 is 14.6 Å². The van der Waals surface area contributed by atoms with Gasteiger partial charge in [-0.3, -0.25) is 0 Å². The van der Waals surface area contributed by atoms with Crippen LogP contribution in [-0.2, 0) is 4.79 Å². The minimum atomic E-state index is -1.08. The SMILES string of the molecule is NCC(Oc1ccc(Cl)cc1)C(=O)O. The topological polar surface area (TPSA) is 72.5 Å². The smallest absolute Gasteiger partial charge is 0.346 e. The highest BCUT2D eigenvalue weighted by molar-refractivity contribution is 6.30. The molecule has 1 atom stereocenters. The van der Waals surface area contributed by atoms with Gasteiger partial charge in [0.15, 0.2) is 0 Å². The molecular formula is C9H10ClNO3. The molecule has 0 aromatic heterocycles. The number of carboxylic acids is 1. The number of benzene rings is 1. The molecule has 1 aromatic rings. The first-order valence-corrected chi connectivity index (χ1v) is 4.36. The van der Waals surface area contributed by atoms with E-state index in [0.717, 1.165) is 0 Å². The van der Waals surface area contributed by atoms with Crippen molar-refractivity contribution >= 4 is 17.6 Å². The molecule has 0 fully saturated rings. The Balaban J connectivity index is 2.67. The largest absolute Gasteiger partial charge is 0.478 e. The summed E-state index contributed by atoms with van der Waals surface area (Å²) >= 11 is 5.65. The van der Waals surface area contributed by atoms with Gasteiger partial charge in [0.25, 0.3) is 0 Å². The van der Waals surface area contributed by atoms with Crippen LogP contribution in [0.25, 0.3) is 0 Å². The number of hydrogen-bond donors (Lipinski definition) is 2. The van der Waals surface area contributed by atoms with E-state index in [2.05, 4.69) is 0 Å². The lowest BCUT2D eigenvalue weighted by Crippen LogP contribution is -2.34. The van der Waals surface area contributed by atoms with Crippen LogP contribution < -0.4 is 10.5 Å². The Morgan fingerprint density at radius 1 is 1.50 bits per heavy atom. The molecular weight excluding hydrogens is 206 g/mol. The van der Waals surface area contributed by atoms with Gasteiger partial charge < -0.3 is 15.6 Å². The standard InChI is InChI=1S/C9H10ClNO3/c10-6-1-3-7(4-2-6)14-8(5-11)9(12)13/h1-4,8H,5,11H2,(H,12,13). The molecule has 3 N–H and O–H groups in total. The lowest BCUT2D eigenvalue weighted by Gasteiger charge is -2.12. The van der Waals surface area contributed by atoms with E-state index < -0.39 is 12.1 Å². The number of halogens is 1. The summed E-state index contributed by atoms with van der Waals surface area (Å²) in [6, 6.07) is 6.42. The van der Waals surface area contributed by atoms with Crippen LogP contribution in [0.15, 0.2) is 24.3 Å². The second kappa shape index (κ2) is 4.83. The summed E-state index contributed by atoms with van der Waals surface area (Å²) in [4.78, 5) is 10.6. The van der Waals surface area contributed by atoms with Gasteiger partial charge in [0.2, 0.25) is 6.10 Å². The van der Waals surface area contributed by atoms with Crippen LogP contribution >= 0.6 is 11.6 Å². The molecule has 0 saturated heterocycles. The third-order valence-electron chi connectivity index (χ3n) is 1.58. The minimum Gasteiger partial charge on any atom is -0.478 e. The van der Waals surface area contributed by atoms with E-state index in [1.807, 2.05) is 0 Å². The maximum atomic E-state index is 10.6. The molecule has 0 saturated carbocycles. The highest BCUT2D eigenvalue weighted by Gasteiger charge is 2.16. The predicted molar refractivity (Wildman–Crippen MR) is 52.6 cm³/mol. The molecule has 0 spiro atoms. The molecule has 14 heavy (non-hydrogen) atoms. The van der Waals surface area contributed by atoms with Gasteiger partial charge in [-0.2, -0.15) is 0 Å². The van der Waals surface area contributed by atoms with Gasteiger partial charge in [-0.25, -0.2) is 4.79 Å². The fourth-order valence-corrected chi connectivity index (χ4v) is 1.00. The van der Waals surface area contributed by atoms with Gasteiger partial charge in [0.1, 0.15) is 5.75 Å². The Hall–Kier alpha value is -1.26. The van der Waals surface area contributed by atoms with Crippen molar-refractivity contribution in [3.05, 3.63) is 29.3 Å². The monoisotopic (exact) mass is 215 g/mol. The van der Waals surface area contributed by atoms with Crippen LogP contribution in [-0.4, -0.2) is 23.7 Å². The number of ether oxygens (including phenoxy) is 1. The molecule has 0 bridgehead atoms. The summed E-state index contributed by atoms with van der Waals surface area (Å²) in [5.41, 5.74) is 5.22. The van der Waals surface area contributed by atoms with Crippen LogP contribution in [0.2, 0.25) is 5.02 Å². The van der Waals surface area contributed by atoms with E-state index in [1.165, 1.54) is 0 Å². The molecule has 76 valence electrons. The molecule has 0 amide bonds. The molecule has 0 aliphatic heterocycles. The molecule has 5 heteroatoms. The molecule has 4 nitrogen and oxygen atoms in total. The third-order valence-corrected chi connectivity index (χ3v) is 1.83. The van der Waals surface area contributed by atoms with Gasteiger partial charge in [-0.15, -0.1) is 0 Å². The Morgan fingerprint density at radius 2 is 2.07 bits per heavy atom. The zero-order valence-electron chi connectivity index (χ0n) is 7.31. The average Bonchev–Trinajstić information content (AvgIpc) is 2.16. The fourth-order valence-electron chi connectivity index (χ4n) is 0.877. The van der Waals surface area contributed by atoms with E-state index in [-0.39, 0.29) is 6.54 Å². The molecule has 0 aliphatic carbocycles. The number of carbonyl (C=O) groups is 1. The average molecular weight is 216 g/mol. The van der Waals surface area contributed by atoms with Crippen molar-refractivity contribution in [3.8, 4) is 5.75 Å². The Labute approximate surface area is 86.2 Å². The van der Waals surface area contributed by atoms with E-state index >= 15 is 0 Å². The van der Waals surface area contributed by atoms with Crippen molar-refractivity contribution in [1.82, 2.24) is 0 Å². The maximum Gasteiger partial charge on any atom is 0.346 e. The summed E-state index contributed by atoms with van der Waals surface area (Å²) in [6.45, 7) is -0.0715. The number of rotatable bonds is 4. The Bertz CT molecular complexity index is 312. The van der Waals surface area contributed by atoms with E-state index in [0.29, 0.717) is 10.8 Å². The van der Waals surface area contributed by atoms with E-state index in [9.17, 15) is 4.79 Å². The van der Waals surface area contributed by atoms with Crippen molar-refractivity contribution in [1.29, 1.82) is 0 Å². The summed E-state index contributed by atoms with van der Waals surface area (Å²) in [7, 11) is 0. The van der Waals surface area contributed by atoms with E-state index in [1.54, 1.807) is 24.3 Å². The number of aliphatic carboxylic acids is 1. The quantitative estimate of drug-likeness (QED) is 0.790. The number of nitrogens with two attached hydrogens (primary N) is 1. The molecule has 0 heterocycles. The van der Waals surface area contributed by atoms with E-state index in [4.69, 9.17) is 27.2 Å². The number of hydrogen-bond acceptors (Lipinski definition) is 3. The van der Waals surface area contributed by atoms with Gasteiger partial charge in [0.05, 0.1) is 0 Å². The van der Waals surface area contributed by atoms with Crippen molar-refractivity contribution in [2.45, 2.75) is 6.10 Å². The predicted octanol–water partition coefficient (Wildman–Crippen LogP) is 1.13. The molecule has 1 rings (SSSR count). The normalized spacial score (nSPS) is 12.1. The first-order chi connectivity index (χ1) is 6.63. The van der Waals surface area contributed by atoms with Crippen molar-refractivity contribution in [2.24, 2.45) is 5.73 Å².